The van der Waals surface area contributed by atoms with Gasteiger partial charge in [0.1, 0.15) is 0 Å². The molecule has 1 aliphatic rings. The molecule has 0 spiro atoms. The minimum absolute atomic E-state index is 0.0870. The van der Waals surface area contributed by atoms with Crippen molar-refractivity contribution in [3.8, 4) is 0 Å². The molecule has 0 aromatic heterocycles. The Bertz CT molecular complexity index is 856. The summed E-state index contributed by atoms with van der Waals surface area (Å²) in [6.07, 6.45) is 3.48. The molecule has 1 fully saturated rings. The van der Waals surface area contributed by atoms with Crippen LogP contribution in [0, 0.1) is 0 Å². The van der Waals surface area contributed by atoms with Crippen molar-refractivity contribution in [2.45, 2.75) is 25.3 Å². The van der Waals surface area contributed by atoms with Gasteiger partial charge in [0.05, 0.1) is 0 Å². The molecule has 0 N–H and O–H groups in total. The third kappa shape index (κ3) is 3.55. The molecule has 0 saturated carbocycles. The number of para-hydroxylation sites is 1. The van der Waals surface area contributed by atoms with Crippen molar-refractivity contribution in [1.82, 2.24) is 0 Å². The molecule has 2 heteroatoms. The molecule has 3 aromatic rings. The lowest BCUT2D eigenvalue weighted by Gasteiger charge is -2.27. The van der Waals surface area contributed by atoms with Gasteiger partial charge in [0.25, 0.3) is 0 Å². The molecule has 1 atom stereocenters. The third-order valence-electron chi connectivity index (χ3n) is 5.19. The van der Waals surface area contributed by atoms with E-state index in [0.29, 0.717) is 6.04 Å². The van der Waals surface area contributed by atoms with Crippen LogP contribution in [-0.4, -0.2) is 18.4 Å². The molecule has 0 radical (unpaired) electrons. The number of benzene rings is 3. The number of hydrogen-bond acceptors (Lipinski definition) is 2. The second-order valence-electron chi connectivity index (χ2n) is 6.92. The summed E-state index contributed by atoms with van der Waals surface area (Å²) < 4.78 is 0. The van der Waals surface area contributed by atoms with Crippen LogP contribution in [0.5, 0.6) is 0 Å². The van der Waals surface area contributed by atoms with Crippen LogP contribution in [0.3, 0.4) is 0 Å². The summed E-state index contributed by atoms with van der Waals surface area (Å²) in [6.45, 7) is 1.12. The molecular weight excluding hydrogens is 318 g/mol. The summed E-state index contributed by atoms with van der Waals surface area (Å²) in [7, 11) is 0. The molecule has 3 aromatic carbocycles. The SMILES string of the molecule is O=C(c1ccccc1)c1ccc(CC2CCCN2c2ccccc2)cc1. The van der Waals surface area contributed by atoms with Gasteiger partial charge in [-0.15, -0.1) is 0 Å². The first kappa shape index (κ1) is 16.6. The molecule has 1 aliphatic heterocycles. The Kier molecular flexibility index (Phi) is 4.83. The lowest BCUT2D eigenvalue weighted by molar-refractivity contribution is 0.103. The monoisotopic (exact) mass is 341 g/mol. The molecule has 0 aliphatic carbocycles. The molecule has 1 unspecified atom stereocenters. The predicted octanol–water partition coefficient (Wildman–Crippen LogP) is 5.13. The summed E-state index contributed by atoms with van der Waals surface area (Å²) in [5.74, 6) is 0.0870. The van der Waals surface area contributed by atoms with E-state index in [1.54, 1.807) is 0 Å². The zero-order valence-electron chi connectivity index (χ0n) is 14.8. The van der Waals surface area contributed by atoms with Gasteiger partial charge in [-0.05, 0) is 37.0 Å². The first-order valence-corrected chi connectivity index (χ1v) is 9.31. The molecular formula is C24H23NO. The fraction of sp³-hybridized carbons (Fsp3) is 0.208. The Labute approximate surface area is 155 Å². The zero-order valence-corrected chi connectivity index (χ0v) is 14.8. The van der Waals surface area contributed by atoms with Gasteiger partial charge >= 0.3 is 0 Å². The van der Waals surface area contributed by atoms with E-state index in [9.17, 15) is 4.79 Å². The topological polar surface area (TPSA) is 20.3 Å². The molecule has 0 amide bonds. The number of hydrogen-bond donors (Lipinski definition) is 0. The van der Waals surface area contributed by atoms with Crippen LogP contribution in [-0.2, 0) is 6.42 Å². The summed E-state index contributed by atoms with van der Waals surface area (Å²) in [6, 6.07) is 28.8. The molecule has 130 valence electrons. The van der Waals surface area contributed by atoms with Gasteiger partial charge in [-0.3, -0.25) is 4.79 Å². The van der Waals surface area contributed by atoms with Gasteiger partial charge in [-0.2, -0.15) is 0 Å². The minimum atomic E-state index is 0.0870. The van der Waals surface area contributed by atoms with Crippen molar-refractivity contribution in [3.63, 3.8) is 0 Å². The number of ketones is 1. The normalized spacial score (nSPS) is 16.6. The summed E-state index contributed by atoms with van der Waals surface area (Å²) in [5.41, 5.74) is 4.10. The maximum Gasteiger partial charge on any atom is 0.193 e. The van der Waals surface area contributed by atoms with Gasteiger partial charge in [0.2, 0.25) is 0 Å². The van der Waals surface area contributed by atoms with Crippen LogP contribution in [0.1, 0.15) is 34.3 Å². The lowest BCUT2D eigenvalue weighted by atomic mass is 9.99. The molecule has 1 saturated heterocycles. The summed E-state index contributed by atoms with van der Waals surface area (Å²) in [5, 5.41) is 0. The van der Waals surface area contributed by atoms with E-state index >= 15 is 0 Å². The fourth-order valence-electron chi connectivity index (χ4n) is 3.83. The highest BCUT2D eigenvalue weighted by molar-refractivity contribution is 6.08. The largest absolute Gasteiger partial charge is 0.368 e. The number of anilines is 1. The lowest BCUT2D eigenvalue weighted by Crippen LogP contribution is -2.30. The summed E-state index contributed by atoms with van der Waals surface area (Å²) in [4.78, 5) is 15.0. The molecule has 26 heavy (non-hydrogen) atoms. The average molecular weight is 341 g/mol. The van der Waals surface area contributed by atoms with Crippen LogP contribution in [0.4, 0.5) is 5.69 Å². The van der Waals surface area contributed by atoms with Gasteiger partial charge in [-0.1, -0.05) is 72.8 Å². The van der Waals surface area contributed by atoms with Crippen LogP contribution in [0.2, 0.25) is 0 Å². The number of nitrogens with zero attached hydrogens (tertiary/aromatic N) is 1. The Morgan fingerprint density at radius 3 is 2.12 bits per heavy atom. The average Bonchev–Trinajstić information content (AvgIpc) is 3.17. The van der Waals surface area contributed by atoms with Gasteiger partial charge < -0.3 is 4.90 Å². The Morgan fingerprint density at radius 1 is 0.808 bits per heavy atom. The van der Waals surface area contributed by atoms with Crippen molar-refractivity contribution in [2.24, 2.45) is 0 Å². The molecule has 4 rings (SSSR count). The van der Waals surface area contributed by atoms with E-state index in [-0.39, 0.29) is 5.78 Å². The van der Waals surface area contributed by atoms with E-state index in [1.807, 2.05) is 42.5 Å². The first-order valence-electron chi connectivity index (χ1n) is 9.31. The van der Waals surface area contributed by atoms with Gasteiger partial charge in [-0.25, -0.2) is 0 Å². The standard InChI is InChI=1S/C24H23NO/c26-24(20-8-3-1-4-9-20)21-15-13-19(14-16-21)18-23-12-7-17-25(23)22-10-5-2-6-11-22/h1-6,8-11,13-16,23H,7,12,17-18H2. The van der Waals surface area contributed by atoms with Crippen LogP contribution >= 0.6 is 0 Å². The maximum atomic E-state index is 12.5. The predicted molar refractivity (Wildman–Crippen MR) is 107 cm³/mol. The van der Waals surface area contributed by atoms with E-state index in [4.69, 9.17) is 0 Å². The van der Waals surface area contributed by atoms with Crippen molar-refractivity contribution >= 4 is 11.5 Å². The molecule has 2 nitrogen and oxygen atoms in total. The number of carbonyl (C=O) groups is 1. The zero-order chi connectivity index (χ0) is 17.8. The second kappa shape index (κ2) is 7.57. The number of carbonyl (C=O) groups excluding carboxylic acids is 1. The fourth-order valence-corrected chi connectivity index (χ4v) is 3.83. The smallest absolute Gasteiger partial charge is 0.193 e. The van der Waals surface area contributed by atoms with E-state index in [1.165, 1.54) is 24.1 Å². The van der Waals surface area contributed by atoms with Crippen LogP contribution in [0.25, 0.3) is 0 Å². The minimum Gasteiger partial charge on any atom is -0.368 e. The number of rotatable bonds is 5. The summed E-state index contributed by atoms with van der Waals surface area (Å²) >= 11 is 0. The van der Waals surface area contributed by atoms with Crippen molar-refractivity contribution in [2.75, 3.05) is 11.4 Å². The highest BCUT2D eigenvalue weighted by Gasteiger charge is 2.24. The second-order valence-corrected chi connectivity index (χ2v) is 6.92. The molecule has 0 bridgehead atoms. The Morgan fingerprint density at radius 2 is 1.42 bits per heavy atom. The van der Waals surface area contributed by atoms with Crippen LogP contribution in [0.15, 0.2) is 84.9 Å². The molecule has 1 heterocycles. The van der Waals surface area contributed by atoms with Crippen molar-refractivity contribution in [1.29, 1.82) is 0 Å². The quantitative estimate of drug-likeness (QED) is 0.600. The van der Waals surface area contributed by atoms with Crippen molar-refractivity contribution in [3.05, 3.63) is 102 Å². The Hall–Kier alpha value is -2.87. The van der Waals surface area contributed by atoms with E-state index in [2.05, 4.69) is 47.4 Å². The van der Waals surface area contributed by atoms with Gasteiger partial charge in [0.15, 0.2) is 5.78 Å². The van der Waals surface area contributed by atoms with E-state index < -0.39 is 0 Å². The van der Waals surface area contributed by atoms with Gasteiger partial charge in [0, 0.05) is 29.4 Å². The maximum absolute atomic E-state index is 12.5. The highest BCUT2D eigenvalue weighted by atomic mass is 16.1. The van der Waals surface area contributed by atoms with E-state index in [0.717, 1.165) is 24.1 Å². The Balaban J connectivity index is 1.47. The van der Waals surface area contributed by atoms with Crippen LogP contribution < -0.4 is 4.90 Å². The van der Waals surface area contributed by atoms with Crippen molar-refractivity contribution < 1.29 is 4.79 Å². The highest BCUT2D eigenvalue weighted by Crippen LogP contribution is 2.27. The third-order valence-corrected chi connectivity index (χ3v) is 5.19. The first-order chi connectivity index (χ1) is 12.8.